The quantitative estimate of drug-likeness (QED) is 0.341. The molecule has 2 aromatic heterocycles. The molecule has 3 rings (SSSR count). The third-order valence-electron chi connectivity index (χ3n) is 5.15. The molecule has 0 spiro atoms. The SMILES string of the molecule is CC[C@H](N)c1cn[nH]c1.CC[C@H](N[S@](=O)C(C)(C)C)c1cnn(S(=O)(=O)c2ccc(C)cc2)c1.CO. The summed E-state index contributed by atoms with van der Waals surface area (Å²) in [7, 11) is -3.99. The zero-order chi connectivity index (χ0) is 27.5. The molecule has 2 heterocycles. The first-order chi connectivity index (χ1) is 16.9. The van der Waals surface area contributed by atoms with Crippen LogP contribution < -0.4 is 10.5 Å². The minimum atomic E-state index is -3.73. The topological polar surface area (TPSA) is 156 Å². The van der Waals surface area contributed by atoms with E-state index in [9.17, 15) is 12.6 Å². The molecule has 3 aromatic rings. The molecular weight excluding hydrogens is 500 g/mol. The number of benzene rings is 1. The van der Waals surface area contributed by atoms with Crippen molar-refractivity contribution in [3.05, 3.63) is 65.7 Å². The number of aromatic amines is 1. The highest BCUT2D eigenvalue weighted by Gasteiger charge is 2.25. The number of hydrogen-bond donors (Lipinski definition) is 4. The van der Waals surface area contributed by atoms with Gasteiger partial charge < -0.3 is 10.8 Å². The number of aromatic nitrogens is 4. The van der Waals surface area contributed by atoms with Crippen LogP contribution in [0.5, 0.6) is 0 Å². The number of nitrogens with two attached hydrogens (primary N) is 1. The van der Waals surface area contributed by atoms with E-state index in [2.05, 4.69) is 26.9 Å². The number of aryl methyl sites for hydroxylation is 1. The normalized spacial score (nSPS) is 14.0. The number of nitrogens with one attached hydrogen (secondary N) is 2. The summed E-state index contributed by atoms with van der Waals surface area (Å²) in [5.41, 5.74) is 8.44. The summed E-state index contributed by atoms with van der Waals surface area (Å²) < 4.78 is 41.3. The molecule has 0 radical (unpaired) electrons. The highest BCUT2D eigenvalue weighted by Crippen LogP contribution is 2.22. The molecule has 5 N–H and O–H groups in total. The summed E-state index contributed by atoms with van der Waals surface area (Å²) in [6, 6.07) is 6.54. The highest BCUT2D eigenvalue weighted by molar-refractivity contribution is 7.89. The fourth-order valence-electron chi connectivity index (χ4n) is 2.84. The van der Waals surface area contributed by atoms with Crippen LogP contribution in [0, 0.1) is 6.92 Å². The van der Waals surface area contributed by atoms with Crippen LogP contribution in [0.25, 0.3) is 0 Å². The predicted octanol–water partition coefficient (Wildman–Crippen LogP) is 3.36. The van der Waals surface area contributed by atoms with E-state index in [1.165, 1.54) is 12.4 Å². The van der Waals surface area contributed by atoms with Gasteiger partial charge in [-0.25, -0.2) is 8.93 Å². The summed E-state index contributed by atoms with van der Waals surface area (Å²) in [5, 5.41) is 17.5. The van der Waals surface area contributed by atoms with E-state index in [4.69, 9.17) is 10.8 Å². The minimum Gasteiger partial charge on any atom is -0.400 e. The Morgan fingerprint density at radius 3 is 2.19 bits per heavy atom. The van der Waals surface area contributed by atoms with Crippen LogP contribution >= 0.6 is 0 Å². The van der Waals surface area contributed by atoms with Gasteiger partial charge in [-0.1, -0.05) is 31.5 Å². The van der Waals surface area contributed by atoms with Crippen molar-refractivity contribution in [2.24, 2.45) is 5.73 Å². The average molecular weight is 541 g/mol. The lowest BCUT2D eigenvalue weighted by atomic mass is 10.1. The van der Waals surface area contributed by atoms with Crippen LogP contribution in [0.4, 0.5) is 0 Å². The maximum atomic E-state index is 12.7. The van der Waals surface area contributed by atoms with Gasteiger partial charge in [-0.05, 0) is 52.7 Å². The van der Waals surface area contributed by atoms with Crippen LogP contribution in [-0.2, 0) is 21.0 Å². The van der Waals surface area contributed by atoms with Crippen LogP contribution in [0.15, 0.2) is 53.9 Å². The lowest BCUT2D eigenvalue weighted by Crippen LogP contribution is -2.35. The Morgan fingerprint density at radius 2 is 1.72 bits per heavy atom. The number of rotatable bonds is 8. The van der Waals surface area contributed by atoms with Crippen molar-refractivity contribution in [1.82, 2.24) is 24.1 Å². The van der Waals surface area contributed by atoms with Gasteiger partial charge in [-0.2, -0.15) is 22.7 Å². The number of nitrogens with zero attached hydrogens (tertiary/aromatic N) is 3. The van der Waals surface area contributed by atoms with Gasteiger partial charge in [0.1, 0.15) is 0 Å². The van der Waals surface area contributed by atoms with E-state index in [0.717, 1.165) is 28.7 Å². The number of H-pyrrole nitrogens is 1. The van der Waals surface area contributed by atoms with Gasteiger partial charge in [0.2, 0.25) is 0 Å². The van der Waals surface area contributed by atoms with Gasteiger partial charge in [0.25, 0.3) is 10.0 Å². The summed E-state index contributed by atoms with van der Waals surface area (Å²) in [6.45, 7) is 11.5. The molecule has 12 heteroatoms. The first-order valence-electron chi connectivity index (χ1n) is 11.6. The molecule has 0 aliphatic carbocycles. The van der Waals surface area contributed by atoms with Gasteiger partial charge in [-0.15, -0.1) is 0 Å². The Balaban J connectivity index is 0.000000491. The second-order valence-corrected chi connectivity index (χ2v) is 12.8. The van der Waals surface area contributed by atoms with Crippen LogP contribution in [0.2, 0.25) is 0 Å². The molecule has 0 saturated carbocycles. The Morgan fingerprint density at radius 1 is 1.11 bits per heavy atom. The second-order valence-electron chi connectivity index (χ2n) is 8.97. The van der Waals surface area contributed by atoms with Gasteiger partial charge in [-0.3, -0.25) is 5.10 Å². The molecule has 36 heavy (non-hydrogen) atoms. The second kappa shape index (κ2) is 14.4. The Kier molecular flexibility index (Phi) is 12.6. The minimum absolute atomic E-state index is 0.142. The summed E-state index contributed by atoms with van der Waals surface area (Å²) in [4.78, 5) is 0.187. The van der Waals surface area contributed by atoms with Gasteiger partial charge in [0, 0.05) is 42.7 Å². The molecule has 3 atom stereocenters. The number of aliphatic hydroxyl groups excluding tert-OH is 1. The summed E-state index contributed by atoms with van der Waals surface area (Å²) >= 11 is 0. The van der Waals surface area contributed by atoms with Crippen molar-refractivity contribution in [2.45, 2.75) is 76.1 Å². The molecule has 0 aliphatic rings. The molecule has 0 amide bonds. The first-order valence-corrected chi connectivity index (χ1v) is 14.2. The monoisotopic (exact) mass is 540 g/mol. The zero-order valence-corrected chi connectivity index (χ0v) is 23.7. The van der Waals surface area contributed by atoms with Gasteiger partial charge >= 0.3 is 0 Å². The lowest BCUT2D eigenvalue weighted by Gasteiger charge is -2.22. The van der Waals surface area contributed by atoms with Gasteiger partial charge in [0.05, 0.1) is 33.0 Å². The van der Waals surface area contributed by atoms with Crippen molar-refractivity contribution in [3.8, 4) is 0 Å². The van der Waals surface area contributed by atoms with E-state index >= 15 is 0 Å². The molecule has 202 valence electrons. The third-order valence-corrected chi connectivity index (χ3v) is 8.32. The maximum Gasteiger partial charge on any atom is 0.282 e. The Labute approximate surface area is 217 Å². The Bertz CT molecular complexity index is 1150. The predicted molar refractivity (Wildman–Crippen MR) is 144 cm³/mol. The fourth-order valence-corrected chi connectivity index (χ4v) is 4.88. The van der Waals surface area contributed by atoms with E-state index in [1.54, 1.807) is 30.5 Å². The van der Waals surface area contributed by atoms with E-state index in [0.29, 0.717) is 12.0 Å². The van der Waals surface area contributed by atoms with Crippen molar-refractivity contribution < 1.29 is 17.7 Å². The fraction of sp³-hybridized carbons (Fsp3) is 0.500. The summed E-state index contributed by atoms with van der Waals surface area (Å²) in [6.07, 6.45) is 8.20. The zero-order valence-electron chi connectivity index (χ0n) is 22.1. The third kappa shape index (κ3) is 8.93. The largest absolute Gasteiger partial charge is 0.400 e. The standard InChI is InChI=1S/C17H25N3O3S2.C6H11N3.CH4O/c1-6-16(19-24(21)17(3,4)5)14-11-18-20(12-14)25(22,23)15-9-7-13(2)8-10-15;1-2-6(7)5-3-8-9-4-5;1-2/h7-12,16,19H,6H2,1-5H3;3-4,6H,2,7H2,1H3,(H,8,9);2H,1H3/t16-,24+;6-;/m00./s1. The summed E-state index contributed by atoms with van der Waals surface area (Å²) in [5.74, 6) is 0. The molecule has 10 nitrogen and oxygen atoms in total. The smallest absolute Gasteiger partial charge is 0.282 e. The number of aliphatic hydroxyl groups is 1. The molecule has 1 aromatic carbocycles. The van der Waals surface area contributed by atoms with E-state index < -0.39 is 25.8 Å². The van der Waals surface area contributed by atoms with E-state index in [1.807, 2.05) is 40.8 Å². The molecule has 0 bridgehead atoms. The van der Waals surface area contributed by atoms with Crippen LogP contribution in [0.3, 0.4) is 0 Å². The van der Waals surface area contributed by atoms with E-state index in [-0.39, 0.29) is 17.0 Å². The number of hydrogen-bond acceptors (Lipinski definition) is 7. The van der Waals surface area contributed by atoms with Crippen LogP contribution in [0.1, 0.15) is 76.2 Å². The van der Waals surface area contributed by atoms with Crippen LogP contribution in [-0.4, -0.2) is 49.0 Å². The van der Waals surface area contributed by atoms with Gasteiger partial charge in [0.15, 0.2) is 0 Å². The molecule has 0 fully saturated rings. The first kappa shape index (κ1) is 31.6. The highest BCUT2D eigenvalue weighted by atomic mass is 32.2. The van der Waals surface area contributed by atoms with Crippen molar-refractivity contribution in [3.63, 3.8) is 0 Å². The maximum absolute atomic E-state index is 12.7. The average Bonchev–Trinajstić information content (AvgIpc) is 3.56. The Hall–Kier alpha value is -2.38. The lowest BCUT2D eigenvalue weighted by molar-refractivity contribution is 0.399. The molecule has 0 aliphatic heterocycles. The van der Waals surface area contributed by atoms with Crippen molar-refractivity contribution in [2.75, 3.05) is 7.11 Å². The van der Waals surface area contributed by atoms with Crippen molar-refractivity contribution >= 4 is 21.0 Å². The molecule has 0 saturated heterocycles. The molecular formula is C24H40N6O4S2. The van der Waals surface area contributed by atoms with Crippen molar-refractivity contribution in [1.29, 1.82) is 0 Å². The molecule has 0 unspecified atom stereocenters.